The second-order valence-electron chi connectivity index (χ2n) is 6.50. The van der Waals surface area contributed by atoms with Crippen molar-refractivity contribution in [2.45, 2.75) is 18.0 Å². The van der Waals surface area contributed by atoms with Crippen molar-refractivity contribution in [2.24, 2.45) is 0 Å². The molecule has 2 aromatic rings. The summed E-state index contributed by atoms with van der Waals surface area (Å²) in [6.07, 6.45) is -4.69. The molecule has 1 fully saturated rings. The van der Waals surface area contributed by atoms with Crippen LogP contribution in [0.4, 0.5) is 18.3 Å². The van der Waals surface area contributed by atoms with Gasteiger partial charge in [-0.1, -0.05) is 22.9 Å². The van der Waals surface area contributed by atoms with Crippen LogP contribution in [-0.2, 0) is 21.0 Å². The minimum absolute atomic E-state index is 0.0140. The van der Waals surface area contributed by atoms with Crippen LogP contribution in [0.1, 0.15) is 10.6 Å². The number of anilines is 1. The van der Waals surface area contributed by atoms with Crippen molar-refractivity contribution in [2.75, 3.05) is 38.0 Å². The summed E-state index contributed by atoms with van der Waals surface area (Å²) in [7, 11) is -4.22. The molecule has 1 N–H and O–H groups in total. The largest absolute Gasteiger partial charge is 0.416 e. The smallest absolute Gasteiger partial charge is 0.299 e. The third-order valence-corrected chi connectivity index (χ3v) is 7.48. The number of rotatable bonds is 5. The summed E-state index contributed by atoms with van der Waals surface area (Å²) < 4.78 is 65.6. The molecule has 1 saturated heterocycles. The molecule has 3 rings (SSSR count). The van der Waals surface area contributed by atoms with Gasteiger partial charge in [0.15, 0.2) is 0 Å². The Morgan fingerprint density at radius 1 is 1.23 bits per heavy atom. The molecular formula is C16H17ClF3N5O3S2. The fourth-order valence-electron chi connectivity index (χ4n) is 2.85. The topological polar surface area (TPSA) is 95.5 Å². The Labute approximate surface area is 179 Å². The molecular weight excluding hydrogens is 467 g/mol. The molecule has 164 valence electrons. The van der Waals surface area contributed by atoms with Crippen molar-refractivity contribution in [3.05, 3.63) is 33.8 Å². The summed E-state index contributed by atoms with van der Waals surface area (Å²) in [6.45, 7) is 2.28. The van der Waals surface area contributed by atoms with Gasteiger partial charge in [-0.25, -0.2) is 8.42 Å². The lowest BCUT2D eigenvalue weighted by molar-refractivity contribution is -0.137. The quantitative estimate of drug-likeness (QED) is 0.702. The van der Waals surface area contributed by atoms with Gasteiger partial charge in [0.05, 0.1) is 17.1 Å². The lowest BCUT2D eigenvalue weighted by Gasteiger charge is -2.33. The molecule has 1 aromatic carbocycles. The number of aryl methyl sites for hydroxylation is 1. The molecule has 30 heavy (non-hydrogen) atoms. The molecule has 0 aliphatic carbocycles. The number of nitrogens with zero attached hydrogens (tertiary/aromatic N) is 4. The van der Waals surface area contributed by atoms with E-state index in [1.807, 2.05) is 0 Å². The van der Waals surface area contributed by atoms with E-state index in [4.69, 9.17) is 11.6 Å². The third-order valence-electron chi connectivity index (χ3n) is 4.35. The number of benzene rings is 1. The van der Waals surface area contributed by atoms with Gasteiger partial charge < -0.3 is 0 Å². The lowest BCUT2D eigenvalue weighted by Crippen LogP contribution is -2.50. The van der Waals surface area contributed by atoms with Crippen molar-refractivity contribution in [3.63, 3.8) is 0 Å². The van der Waals surface area contributed by atoms with E-state index in [2.05, 4.69) is 15.5 Å². The van der Waals surface area contributed by atoms with Gasteiger partial charge in [-0.3, -0.25) is 15.0 Å². The van der Waals surface area contributed by atoms with Gasteiger partial charge in [-0.2, -0.15) is 17.5 Å². The van der Waals surface area contributed by atoms with Gasteiger partial charge >= 0.3 is 6.18 Å². The maximum Gasteiger partial charge on any atom is 0.416 e. The molecule has 1 aromatic heterocycles. The van der Waals surface area contributed by atoms with Crippen LogP contribution >= 0.6 is 22.9 Å². The molecule has 0 atom stereocenters. The molecule has 8 nitrogen and oxygen atoms in total. The number of nitrogens with one attached hydrogen (secondary N) is 1. The van der Waals surface area contributed by atoms with Crippen molar-refractivity contribution >= 4 is 44.0 Å². The number of alkyl halides is 3. The Hall–Kier alpha value is -1.80. The molecule has 0 bridgehead atoms. The zero-order valence-electron chi connectivity index (χ0n) is 15.6. The molecule has 1 aliphatic heterocycles. The van der Waals surface area contributed by atoms with Crippen LogP contribution in [0.3, 0.4) is 0 Å². The first-order valence-electron chi connectivity index (χ1n) is 8.66. The van der Waals surface area contributed by atoms with E-state index in [9.17, 15) is 26.4 Å². The number of hydrogen-bond donors (Lipinski definition) is 1. The summed E-state index contributed by atoms with van der Waals surface area (Å²) in [4.78, 5) is 13.2. The highest BCUT2D eigenvalue weighted by Gasteiger charge is 2.35. The van der Waals surface area contributed by atoms with Gasteiger partial charge in [0.1, 0.15) is 9.90 Å². The first-order chi connectivity index (χ1) is 14.0. The van der Waals surface area contributed by atoms with Gasteiger partial charge in [-0.15, -0.1) is 10.2 Å². The first kappa shape index (κ1) is 22.9. The standard InChI is InChI=1S/C16H17ClF3N5O3S2/c1-10-22-23-15(29-10)21-14(26)9-24-4-6-25(7-5-24)30(27,28)13-8-11(16(18,19)20)2-3-12(13)17/h2-3,8H,4-7,9H2,1H3,(H,21,23,26). The molecule has 14 heteroatoms. The fourth-order valence-corrected chi connectivity index (χ4v) is 5.38. The average molecular weight is 484 g/mol. The number of sulfonamides is 1. The second-order valence-corrected chi connectivity index (χ2v) is 9.99. The zero-order valence-corrected chi connectivity index (χ0v) is 18.0. The molecule has 0 spiro atoms. The average Bonchev–Trinajstić information content (AvgIpc) is 3.06. The van der Waals surface area contributed by atoms with Crippen molar-refractivity contribution < 1.29 is 26.4 Å². The molecule has 0 unspecified atom stereocenters. The van der Waals surface area contributed by atoms with Crippen LogP contribution in [0, 0.1) is 6.92 Å². The van der Waals surface area contributed by atoms with Gasteiger partial charge in [0, 0.05) is 26.2 Å². The highest BCUT2D eigenvalue weighted by atomic mass is 35.5. The van der Waals surface area contributed by atoms with Crippen LogP contribution < -0.4 is 5.32 Å². The maximum absolute atomic E-state index is 13.0. The molecule has 1 aliphatic rings. The predicted molar refractivity (Wildman–Crippen MR) is 105 cm³/mol. The summed E-state index contributed by atoms with van der Waals surface area (Å²) in [5, 5.41) is 11.0. The van der Waals surface area contributed by atoms with Crippen molar-refractivity contribution in [1.82, 2.24) is 19.4 Å². The number of hydrogen-bond acceptors (Lipinski definition) is 7. The number of amides is 1. The Morgan fingerprint density at radius 2 is 1.90 bits per heavy atom. The van der Waals surface area contributed by atoms with Gasteiger partial charge in [-0.05, 0) is 25.1 Å². The Kier molecular flexibility index (Phi) is 6.67. The summed E-state index contributed by atoms with van der Waals surface area (Å²) in [6, 6.07) is 2.20. The lowest BCUT2D eigenvalue weighted by atomic mass is 10.2. The van der Waals surface area contributed by atoms with Gasteiger partial charge in [0.2, 0.25) is 21.1 Å². The summed E-state index contributed by atoms with van der Waals surface area (Å²) >= 11 is 7.11. The normalized spacial score (nSPS) is 16.6. The van der Waals surface area contributed by atoms with Crippen LogP contribution in [0.2, 0.25) is 5.02 Å². The van der Waals surface area contributed by atoms with Crippen molar-refractivity contribution in [3.8, 4) is 0 Å². The predicted octanol–water partition coefficient (Wildman–Crippen LogP) is 2.46. The Morgan fingerprint density at radius 3 is 2.47 bits per heavy atom. The van der Waals surface area contributed by atoms with Crippen LogP contribution in [0.5, 0.6) is 0 Å². The Balaban J connectivity index is 1.63. The van der Waals surface area contributed by atoms with Crippen LogP contribution in [0.25, 0.3) is 0 Å². The number of carbonyl (C=O) groups excluding carboxylic acids is 1. The number of carbonyl (C=O) groups is 1. The second kappa shape index (κ2) is 8.75. The Bertz CT molecular complexity index is 1040. The maximum atomic E-state index is 13.0. The highest BCUT2D eigenvalue weighted by molar-refractivity contribution is 7.89. The van der Waals surface area contributed by atoms with E-state index in [1.54, 1.807) is 11.8 Å². The number of piperazine rings is 1. The molecule has 2 heterocycles. The van der Waals surface area contributed by atoms with E-state index in [-0.39, 0.29) is 43.7 Å². The van der Waals surface area contributed by atoms with E-state index < -0.39 is 26.7 Å². The van der Waals surface area contributed by atoms with Crippen molar-refractivity contribution in [1.29, 1.82) is 0 Å². The van der Waals surface area contributed by atoms with Crippen LogP contribution in [0.15, 0.2) is 23.1 Å². The van der Waals surface area contributed by atoms with E-state index in [1.165, 1.54) is 11.3 Å². The molecule has 0 saturated carbocycles. The first-order valence-corrected chi connectivity index (χ1v) is 11.3. The summed E-state index contributed by atoms with van der Waals surface area (Å²) in [5.74, 6) is -0.316. The molecule has 0 radical (unpaired) electrons. The zero-order chi connectivity index (χ0) is 22.1. The number of halogens is 4. The van der Waals surface area contributed by atoms with Gasteiger partial charge in [0.25, 0.3) is 0 Å². The van der Waals surface area contributed by atoms with E-state index >= 15 is 0 Å². The highest BCUT2D eigenvalue weighted by Crippen LogP contribution is 2.34. The fraction of sp³-hybridized carbons (Fsp3) is 0.438. The van der Waals surface area contributed by atoms with E-state index in [0.717, 1.165) is 16.4 Å². The minimum atomic E-state index is -4.69. The SMILES string of the molecule is Cc1nnc(NC(=O)CN2CCN(S(=O)(=O)c3cc(C(F)(F)F)ccc3Cl)CC2)s1. The van der Waals surface area contributed by atoms with E-state index in [0.29, 0.717) is 16.2 Å². The third kappa shape index (κ3) is 5.27. The minimum Gasteiger partial charge on any atom is -0.299 e. The number of aromatic nitrogens is 2. The molecule has 1 amide bonds. The monoisotopic (exact) mass is 483 g/mol. The summed E-state index contributed by atoms with van der Waals surface area (Å²) in [5.41, 5.74) is -1.09. The van der Waals surface area contributed by atoms with Crippen LogP contribution in [-0.4, -0.2) is 66.5 Å².